The minimum atomic E-state index is -0.516. The number of anilines is 2. The third-order valence-corrected chi connectivity index (χ3v) is 3.25. The predicted octanol–water partition coefficient (Wildman–Crippen LogP) is 3.25. The van der Waals surface area contributed by atoms with E-state index in [0.29, 0.717) is 17.1 Å². The Balaban J connectivity index is 2.17. The number of nitrogens with one attached hydrogen (secondary N) is 1. The van der Waals surface area contributed by atoms with Gasteiger partial charge in [-0.2, -0.15) is 0 Å². The van der Waals surface area contributed by atoms with Gasteiger partial charge in [-0.3, -0.25) is 4.79 Å². The molecule has 0 radical (unpaired) electrons. The number of hydrogen-bond acceptors (Lipinski definition) is 3. The molecule has 0 saturated carbocycles. The number of nitrogen functional groups attached to an aromatic ring is 1. The molecule has 6 heteroatoms. The van der Waals surface area contributed by atoms with E-state index < -0.39 is 11.7 Å². The maximum absolute atomic E-state index is 13.7. The van der Waals surface area contributed by atoms with Crippen molar-refractivity contribution in [3.63, 3.8) is 0 Å². The molecule has 0 fully saturated rings. The molecular weight excluding hydrogens is 295 g/mol. The summed E-state index contributed by atoms with van der Waals surface area (Å²) in [7, 11) is 1.48. The zero-order chi connectivity index (χ0) is 15.4. The van der Waals surface area contributed by atoms with Crippen LogP contribution in [0.3, 0.4) is 0 Å². The summed E-state index contributed by atoms with van der Waals surface area (Å²) in [6, 6.07) is 9.15. The summed E-state index contributed by atoms with van der Waals surface area (Å²) in [5.41, 5.74) is 6.73. The van der Waals surface area contributed by atoms with Crippen LogP contribution in [0.25, 0.3) is 0 Å². The van der Waals surface area contributed by atoms with Crippen LogP contribution in [0.15, 0.2) is 36.4 Å². The topological polar surface area (TPSA) is 64.3 Å². The third-order valence-electron chi connectivity index (χ3n) is 2.90. The molecule has 0 aliphatic carbocycles. The van der Waals surface area contributed by atoms with Crippen molar-refractivity contribution in [2.45, 2.75) is 6.42 Å². The Hall–Kier alpha value is -2.27. The molecule has 3 N–H and O–H groups in total. The summed E-state index contributed by atoms with van der Waals surface area (Å²) in [6.07, 6.45) is -0.177. The zero-order valence-corrected chi connectivity index (χ0v) is 12.1. The number of ether oxygens (including phenoxy) is 1. The highest BCUT2D eigenvalue weighted by atomic mass is 35.5. The zero-order valence-electron chi connectivity index (χ0n) is 11.3. The van der Waals surface area contributed by atoms with Gasteiger partial charge in [-0.25, -0.2) is 4.39 Å². The lowest BCUT2D eigenvalue weighted by atomic mass is 10.1. The van der Waals surface area contributed by atoms with Crippen molar-refractivity contribution in [1.29, 1.82) is 0 Å². The summed E-state index contributed by atoms with van der Waals surface area (Å²) < 4.78 is 18.8. The molecule has 0 aliphatic rings. The van der Waals surface area contributed by atoms with Crippen LogP contribution < -0.4 is 15.8 Å². The number of amides is 1. The van der Waals surface area contributed by atoms with E-state index in [1.807, 2.05) is 0 Å². The van der Waals surface area contributed by atoms with Crippen LogP contribution in [0.5, 0.6) is 5.75 Å². The molecule has 0 aromatic heterocycles. The van der Waals surface area contributed by atoms with Crippen LogP contribution in [0.4, 0.5) is 15.8 Å². The average Bonchev–Trinajstić information content (AvgIpc) is 2.43. The first-order valence-corrected chi connectivity index (χ1v) is 6.55. The first kappa shape index (κ1) is 15.1. The summed E-state index contributed by atoms with van der Waals surface area (Å²) in [5.74, 6) is -0.458. The van der Waals surface area contributed by atoms with Crippen LogP contribution in [-0.2, 0) is 11.2 Å². The summed E-state index contributed by atoms with van der Waals surface area (Å²) in [5, 5.41) is 2.85. The van der Waals surface area contributed by atoms with Gasteiger partial charge in [-0.15, -0.1) is 0 Å². The summed E-state index contributed by atoms with van der Waals surface area (Å²) in [6.45, 7) is 0. The molecule has 0 unspecified atom stereocenters. The smallest absolute Gasteiger partial charge is 0.229 e. The van der Waals surface area contributed by atoms with E-state index >= 15 is 0 Å². The largest absolute Gasteiger partial charge is 0.495 e. The molecule has 0 bridgehead atoms. The van der Waals surface area contributed by atoms with Crippen molar-refractivity contribution < 1.29 is 13.9 Å². The Morgan fingerprint density at radius 2 is 2.14 bits per heavy atom. The number of rotatable bonds is 4. The molecule has 0 aliphatic heterocycles. The first-order valence-electron chi connectivity index (χ1n) is 6.17. The average molecular weight is 309 g/mol. The predicted molar refractivity (Wildman–Crippen MR) is 81.2 cm³/mol. The molecular formula is C15H14ClFN2O2. The second kappa shape index (κ2) is 6.45. The Morgan fingerprint density at radius 3 is 2.81 bits per heavy atom. The van der Waals surface area contributed by atoms with Gasteiger partial charge in [-0.1, -0.05) is 17.7 Å². The lowest BCUT2D eigenvalue weighted by Gasteiger charge is -2.11. The molecule has 0 heterocycles. The fourth-order valence-electron chi connectivity index (χ4n) is 1.88. The van der Waals surface area contributed by atoms with Crippen LogP contribution in [0.1, 0.15) is 5.56 Å². The number of halogens is 2. The highest BCUT2D eigenvalue weighted by Crippen LogP contribution is 2.27. The highest BCUT2D eigenvalue weighted by Gasteiger charge is 2.13. The van der Waals surface area contributed by atoms with Crippen LogP contribution >= 0.6 is 11.6 Å². The number of carbonyl (C=O) groups excluding carboxylic acids is 1. The van der Waals surface area contributed by atoms with E-state index in [2.05, 4.69) is 5.32 Å². The van der Waals surface area contributed by atoms with Gasteiger partial charge in [0.1, 0.15) is 11.6 Å². The van der Waals surface area contributed by atoms with Crippen molar-refractivity contribution in [2.75, 3.05) is 18.2 Å². The Labute approximate surface area is 126 Å². The van der Waals surface area contributed by atoms with Gasteiger partial charge in [0.25, 0.3) is 0 Å². The van der Waals surface area contributed by atoms with E-state index in [-0.39, 0.29) is 17.0 Å². The summed E-state index contributed by atoms with van der Waals surface area (Å²) in [4.78, 5) is 12.0. The first-order chi connectivity index (χ1) is 10.0. The van der Waals surface area contributed by atoms with Gasteiger partial charge in [-0.05, 0) is 30.3 Å². The molecule has 1 amide bonds. The van der Waals surface area contributed by atoms with E-state index in [0.717, 1.165) is 0 Å². The van der Waals surface area contributed by atoms with Crippen molar-refractivity contribution in [3.05, 3.63) is 52.8 Å². The van der Waals surface area contributed by atoms with Crippen molar-refractivity contribution in [1.82, 2.24) is 0 Å². The monoisotopic (exact) mass is 308 g/mol. The minimum absolute atomic E-state index is 0.152. The molecule has 0 spiro atoms. The number of methoxy groups -OCH3 is 1. The van der Waals surface area contributed by atoms with Crippen LogP contribution in [0, 0.1) is 5.82 Å². The van der Waals surface area contributed by atoms with Gasteiger partial charge in [0.2, 0.25) is 5.91 Å². The summed E-state index contributed by atoms with van der Waals surface area (Å²) >= 11 is 5.90. The van der Waals surface area contributed by atoms with Crippen LogP contribution in [-0.4, -0.2) is 13.0 Å². The molecule has 2 rings (SSSR count). The normalized spacial score (nSPS) is 10.2. The van der Waals surface area contributed by atoms with Gasteiger partial charge < -0.3 is 15.8 Å². The molecule has 4 nitrogen and oxygen atoms in total. The Morgan fingerprint density at radius 1 is 1.38 bits per heavy atom. The minimum Gasteiger partial charge on any atom is -0.495 e. The molecule has 21 heavy (non-hydrogen) atoms. The molecule has 2 aromatic rings. The van der Waals surface area contributed by atoms with Gasteiger partial charge in [0.05, 0.1) is 19.2 Å². The fourth-order valence-corrected chi connectivity index (χ4v) is 2.11. The quantitative estimate of drug-likeness (QED) is 0.852. The van der Waals surface area contributed by atoms with E-state index in [1.54, 1.807) is 18.2 Å². The lowest BCUT2D eigenvalue weighted by Crippen LogP contribution is -2.16. The van der Waals surface area contributed by atoms with Gasteiger partial charge in [0.15, 0.2) is 0 Å². The number of benzene rings is 2. The maximum atomic E-state index is 13.7. The van der Waals surface area contributed by atoms with Crippen molar-refractivity contribution in [2.24, 2.45) is 0 Å². The molecule has 0 saturated heterocycles. The second-order valence-electron chi connectivity index (χ2n) is 4.38. The standard InChI is InChI=1S/C15H14ClFN2O2/c1-21-14-6-5-9(18)7-13(14)19-15(20)8-10-11(16)3-2-4-12(10)17/h2-7H,8,18H2,1H3,(H,19,20). The molecule has 110 valence electrons. The van der Waals surface area contributed by atoms with Crippen molar-refractivity contribution in [3.8, 4) is 5.75 Å². The van der Waals surface area contributed by atoms with E-state index in [9.17, 15) is 9.18 Å². The number of nitrogens with two attached hydrogens (primary N) is 1. The maximum Gasteiger partial charge on any atom is 0.229 e. The third kappa shape index (κ3) is 3.64. The lowest BCUT2D eigenvalue weighted by molar-refractivity contribution is -0.115. The van der Waals surface area contributed by atoms with Gasteiger partial charge in [0, 0.05) is 16.3 Å². The second-order valence-corrected chi connectivity index (χ2v) is 4.79. The Bertz CT molecular complexity index is 656. The van der Waals surface area contributed by atoms with Crippen LogP contribution in [0.2, 0.25) is 5.02 Å². The highest BCUT2D eigenvalue weighted by molar-refractivity contribution is 6.31. The van der Waals surface area contributed by atoms with E-state index in [4.69, 9.17) is 22.1 Å². The number of hydrogen-bond donors (Lipinski definition) is 2. The van der Waals surface area contributed by atoms with E-state index in [1.165, 1.54) is 25.3 Å². The van der Waals surface area contributed by atoms with Crippen molar-refractivity contribution >= 4 is 28.9 Å². The van der Waals surface area contributed by atoms with Gasteiger partial charge >= 0.3 is 0 Å². The molecule has 2 aromatic carbocycles. The number of carbonyl (C=O) groups is 1. The fraction of sp³-hybridized carbons (Fsp3) is 0.133. The SMILES string of the molecule is COc1ccc(N)cc1NC(=O)Cc1c(F)cccc1Cl. The Kier molecular flexibility index (Phi) is 4.65. The molecule has 0 atom stereocenters.